The van der Waals surface area contributed by atoms with Gasteiger partial charge in [0.25, 0.3) is 11.8 Å². The Hall–Kier alpha value is -4.01. The van der Waals surface area contributed by atoms with Crippen LogP contribution in [0.15, 0.2) is 54.1 Å². The lowest BCUT2D eigenvalue weighted by molar-refractivity contribution is -0.386. The summed E-state index contributed by atoms with van der Waals surface area (Å²) in [5.41, 5.74) is 0.622. The molecule has 4 amide bonds. The zero-order valence-electron chi connectivity index (χ0n) is 17.9. The number of nitrogens with zero attached hydrogens (tertiary/aromatic N) is 2. The van der Waals surface area contributed by atoms with Crippen LogP contribution in [-0.2, 0) is 16.2 Å². The molecule has 33 heavy (non-hydrogen) atoms. The molecule has 2 aliphatic rings. The molecule has 0 atom stereocenters. The first-order valence-electron chi connectivity index (χ1n) is 10.8. The fraction of sp³-hybridized carbons (Fsp3) is 0.292. The monoisotopic (exact) mass is 449 g/mol. The van der Waals surface area contributed by atoms with Gasteiger partial charge in [0.2, 0.25) is 0 Å². The largest absolute Gasteiger partial charge is 0.482 e. The highest BCUT2D eigenvalue weighted by Gasteiger charge is 2.40. The first kappa shape index (κ1) is 22.2. The van der Waals surface area contributed by atoms with Gasteiger partial charge in [-0.1, -0.05) is 55.7 Å². The predicted octanol–water partition coefficient (Wildman–Crippen LogP) is 3.97. The number of nitro benzene ring substituents is 1. The van der Waals surface area contributed by atoms with Crippen molar-refractivity contribution >= 4 is 29.6 Å². The van der Waals surface area contributed by atoms with Crippen LogP contribution in [0.5, 0.6) is 5.75 Å². The Morgan fingerprint density at radius 3 is 2.48 bits per heavy atom. The summed E-state index contributed by atoms with van der Waals surface area (Å²) in [6.45, 7) is 0.154. The Morgan fingerprint density at radius 2 is 1.79 bits per heavy atom. The molecule has 1 N–H and O–H groups in total. The van der Waals surface area contributed by atoms with E-state index in [4.69, 9.17) is 4.74 Å². The molecule has 0 aromatic heterocycles. The van der Waals surface area contributed by atoms with Crippen LogP contribution in [0.25, 0.3) is 6.08 Å². The maximum Gasteiger partial charge on any atom is 0.331 e. The maximum atomic E-state index is 13.0. The van der Waals surface area contributed by atoms with Gasteiger partial charge in [0.1, 0.15) is 12.2 Å². The number of carbonyl (C=O) groups excluding carboxylic acids is 3. The van der Waals surface area contributed by atoms with Gasteiger partial charge in [-0.3, -0.25) is 29.9 Å². The van der Waals surface area contributed by atoms with E-state index in [2.05, 4.69) is 5.32 Å². The zero-order valence-corrected chi connectivity index (χ0v) is 17.9. The minimum atomic E-state index is -0.816. The number of amides is 4. The van der Waals surface area contributed by atoms with Gasteiger partial charge in [0.15, 0.2) is 5.75 Å². The van der Waals surface area contributed by atoms with Crippen molar-refractivity contribution in [2.45, 2.75) is 44.8 Å². The second kappa shape index (κ2) is 9.64. The molecule has 1 aliphatic carbocycles. The van der Waals surface area contributed by atoms with E-state index in [0.717, 1.165) is 29.7 Å². The molecular weight excluding hydrogens is 426 g/mol. The molecule has 2 aromatic rings. The molecule has 9 nitrogen and oxygen atoms in total. The van der Waals surface area contributed by atoms with Crippen LogP contribution in [0.2, 0.25) is 0 Å². The summed E-state index contributed by atoms with van der Waals surface area (Å²) in [5.74, 6) is -1.42. The van der Waals surface area contributed by atoms with Crippen molar-refractivity contribution in [1.29, 1.82) is 0 Å². The van der Waals surface area contributed by atoms with Crippen LogP contribution in [0.1, 0.15) is 43.2 Å². The third kappa shape index (κ3) is 4.92. The standard InChI is InChI=1S/C24H23N3O6/c28-22-19(23(29)26(24(30)25-22)18-9-5-2-6-10-18)13-17-11-12-21(20(14-17)27(31)32)33-15-16-7-3-1-4-8-16/h1,3-4,7-8,11-14,18H,2,5-6,9-10,15H2,(H,25,28,30). The van der Waals surface area contributed by atoms with Crippen molar-refractivity contribution in [2.75, 3.05) is 0 Å². The summed E-state index contributed by atoms with van der Waals surface area (Å²) in [5, 5.41) is 13.8. The minimum absolute atomic E-state index is 0.0736. The third-order valence-electron chi connectivity index (χ3n) is 5.80. The summed E-state index contributed by atoms with van der Waals surface area (Å²) in [4.78, 5) is 49.9. The fourth-order valence-electron chi connectivity index (χ4n) is 4.13. The van der Waals surface area contributed by atoms with E-state index in [1.807, 2.05) is 30.3 Å². The van der Waals surface area contributed by atoms with Crippen molar-refractivity contribution in [1.82, 2.24) is 10.2 Å². The molecule has 170 valence electrons. The number of benzene rings is 2. The van der Waals surface area contributed by atoms with Crippen molar-refractivity contribution in [2.24, 2.45) is 0 Å². The Morgan fingerprint density at radius 1 is 1.06 bits per heavy atom. The highest BCUT2D eigenvalue weighted by molar-refractivity contribution is 6.31. The van der Waals surface area contributed by atoms with Gasteiger partial charge in [-0.15, -0.1) is 0 Å². The molecule has 1 heterocycles. The molecular formula is C24H23N3O6. The second-order valence-electron chi connectivity index (χ2n) is 8.04. The van der Waals surface area contributed by atoms with Gasteiger partial charge in [0, 0.05) is 12.1 Å². The van der Waals surface area contributed by atoms with Crippen LogP contribution in [0.3, 0.4) is 0 Å². The minimum Gasteiger partial charge on any atom is -0.482 e. The van der Waals surface area contributed by atoms with Gasteiger partial charge in [-0.05, 0) is 36.1 Å². The Kier molecular flexibility index (Phi) is 6.48. The smallest absolute Gasteiger partial charge is 0.331 e. The highest BCUT2D eigenvalue weighted by Crippen LogP contribution is 2.31. The third-order valence-corrected chi connectivity index (χ3v) is 5.80. The highest BCUT2D eigenvalue weighted by atomic mass is 16.6. The molecule has 9 heteroatoms. The van der Waals surface area contributed by atoms with E-state index < -0.39 is 22.8 Å². The maximum absolute atomic E-state index is 13.0. The number of imide groups is 2. The van der Waals surface area contributed by atoms with Crippen molar-refractivity contribution in [3.63, 3.8) is 0 Å². The molecule has 0 radical (unpaired) electrons. The quantitative estimate of drug-likeness (QED) is 0.308. The molecule has 1 saturated heterocycles. The van der Waals surface area contributed by atoms with Crippen LogP contribution in [0.4, 0.5) is 10.5 Å². The zero-order chi connectivity index (χ0) is 23.4. The van der Waals surface area contributed by atoms with E-state index in [1.54, 1.807) is 0 Å². The lowest BCUT2D eigenvalue weighted by Gasteiger charge is -2.35. The van der Waals surface area contributed by atoms with Gasteiger partial charge in [-0.25, -0.2) is 4.79 Å². The number of barbiturate groups is 1. The molecule has 4 rings (SSSR count). The Bertz CT molecular complexity index is 1120. The molecule has 1 aliphatic heterocycles. The predicted molar refractivity (Wildman–Crippen MR) is 119 cm³/mol. The van der Waals surface area contributed by atoms with Crippen LogP contribution in [0, 0.1) is 10.1 Å². The summed E-state index contributed by atoms with van der Waals surface area (Å²) >= 11 is 0. The number of hydrogen-bond acceptors (Lipinski definition) is 6. The van der Waals surface area contributed by atoms with Crippen LogP contribution in [-0.4, -0.2) is 33.7 Å². The summed E-state index contributed by atoms with van der Waals surface area (Å²) < 4.78 is 5.62. The normalized spacial score (nSPS) is 18.4. The molecule has 2 fully saturated rings. The first-order valence-corrected chi connectivity index (χ1v) is 10.8. The van der Waals surface area contributed by atoms with E-state index >= 15 is 0 Å². The first-order chi connectivity index (χ1) is 15.9. The number of ether oxygens (including phenoxy) is 1. The van der Waals surface area contributed by atoms with Crippen molar-refractivity contribution in [3.8, 4) is 5.75 Å². The molecule has 0 bridgehead atoms. The Labute approximate surface area is 190 Å². The fourth-order valence-corrected chi connectivity index (χ4v) is 4.13. The second-order valence-corrected chi connectivity index (χ2v) is 8.04. The van der Waals surface area contributed by atoms with Crippen LogP contribution >= 0.6 is 0 Å². The number of nitrogens with one attached hydrogen (secondary N) is 1. The number of rotatable bonds is 6. The van der Waals surface area contributed by atoms with E-state index in [9.17, 15) is 24.5 Å². The van der Waals surface area contributed by atoms with E-state index in [-0.39, 0.29) is 35.2 Å². The van der Waals surface area contributed by atoms with Gasteiger partial charge >= 0.3 is 11.7 Å². The average molecular weight is 449 g/mol. The Balaban J connectivity index is 1.59. The summed E-state index contributed by atoms with van der Waals surface area (Å²) in [7, 11) is 0. The van der Waals surface area contributed by atoms with Gasteiger partial charge in [-0.2, -0.15) is 0 Å². The van der Waals surface area contributed by atoms with Crippen molar-refractivity contribution < 1.29 is 24.0 Å². The summed E-state index contributed by atoms with van der Waals surface area (Å²) in [6.07, 6.45) is 5.52. The SMILES string of the molecule is O=C1NC(=O)N(C2CCCCC2)C(=O)C1=Cc1ccc(OCc2ccccc2)c([N+](=O)[O-])c1. The molecule has 0 spiro atoms. The molecule has 0 unspecified atom stereocenters. The summed E-state index contributed by atoms with van der Waals surface area (Å²) in [6, 6.07) is 12.5. The molecule has 2 aromatic carbocycles. The lowest BCUT2D eigenvalue weighted by atomic mass is 9.93. The number of nitro groups is 1. The molecule has 1 saturated carbocycles. The van der Waals surface area contributed by atoms with Crippen LogP contribution < -0.4 is 10.1 Å². The lowest BCUT2D eigenvalue weighted by Crippen LogP contribution is -2.58. The average Bonchev–Trinajstić information content (AvgIpc) is 2.82. The van der Waals surface area contributed by atoms with Crippen molar-refractivity contribution in [3.05, 3.63) is 75.3 Å². The van der Waals surface area contributed by atoms with E-state index in [0.29, 0.717) is 12.8 Å². The van der Waals surface area contributed by atoms with Gasteiger partial charge < -0.3 is 4.74 Å². The topological polar surface area (TPSA) is 119 Å². The number of urea groups is 1. The number of hydrogen-bond donors (Lipinski definition) is 1. The van der Waals surface area contributed by atoms with E-state index in [1.165, 1.54) is 24.3 Å². The number of carbonyl (C=O) groups is 3. The van der Waals surface area contributed by atoms with Gasteiger partial charge in [0.05, 0.1) is 4.92 Å².